The highest BCUT2D eigenvalue weighted by Crippen LogP contribution is 2.39. The van der Waals surface area contributed by atoms with Crippen molar-refractivity contribution in [3.63, 3.8) is 0 Å². The number of pyridine rings is 1. The molecule has 4 aromatic rings. The summed E-state index contributed by atoms with van der Waals surface area (Å²) in [7, 11) is 1.54. The van der Waals surface area contributed by atoms with Crippen molar-refractivity contribution >= 4 is 28.8 Å². The van der Waals surface area contributed by atoms with E-state index in [9.17, 15) is 14.4 Å². The number of furan rings is 1. The van der Waals surface area contributed by atoms with Gasteiger partial charge in [0.05, 0.1) is 19.2 Å². The molecule has 3 aromatic heterocycles. The smallest absolute Gasteiger partial charge is 0.254 e. The van der Waals surface area contributed by atoms with Crippen LogP contribution in [0.4, 0.5) is 0 Å². The van der Waals surface area contributed by atoms with Gasteiger partial charge in [0.2, 0.25) is 11.8 Å². The molecule has 0 aliphatic carbocycles. The number of fused-ring (bicyclic) bond motifs is 2. The second-order valence-corrected chi connectivity index (χ2v) is 8.61. The molecule has 1 aromatic carbocycles. The molecule has 0 unspecified atom stereocenters. The topological polar surface area (TPSA) is 118 Å². The number of carbonyl (C=O) groups excluding carboxylic acids is 3. The van der Waals surface area contributed by atoms with Crippen LogP contribution in [0.1, 0.15) is 28.1 Å². The van der Waals surface area contributed by atoms with Gasteiger partial charge < -0.3 is 19.0 Å². The number of aromatic nitrogens is 2. The molecule has 1 fully saturated rings. The number of amides is 3. The minimum Gasteiger partial charge on any atom is -0.497 e. The number of nitrogens with one attached hydrogen (secondary N) is 2. The highest BCUT2D eigenvalue weighted by molar-refractivity contribution is 6.10. The Balaban J connectivity index is 1.39. The summed E-state index contributed by atoms with van der Waals surface area (Å²) in [6, 6.07) is 12.6. The molecule has 0 saturated carbocycles. The largest absolute Gasteiger partial charge is 0.497 e. The summed E-state index contributed by atoms with van der Waals surface area (Å²) in [6.07, 6.45) is 3.54. The molecule has 9 heteroatoms. The van der Waals surface area contributed by atoms with Crippen molar-refractivity contribution in [2.75, 3.05) is 13.7 Å². The molecular formula is C25H20N4O5. The highest BCUT2D eigenvalue weighted by atomic mass is 16.5. The van der Waals surface area contributed by atoms with Gasteiger partial charge in [0, 0.05) is 42.7 Å². The molecule has 6 rings (SSSR count). The zero-order valence-electron chi connectivity index (χ0n) is 18.3. The molecule has 2 aliphatic rings. The van der Waals surface area contributed by atoms with Crippen LogP contribution in [0.2, 0.25) is 0 Å². The zero-order valence-corrected chi connectivity index (χ0v) is 18.3. The van der Waals surface area contributed by atoms with Gasteiger partial charge in [-0.1, -0.05) is 6.07 Å². The summed E-state index contributed by atoms with van der Waals surface area (Å²) in [5, 5.41) is 2.39. The van der Waals surface area contributed by atoms with Gasteiger partial charge in [-0.3, -0.25) is 19.7 Å². The number of hydrogen-bond acceptors (Lipinski definition) is 6. The van der Waals surface area contributed by atoms with E-state index in [4.69, 9.17) is 9.15 Å². The van der Waals surface area contributed by atoms with Gasteiger partial charge in [-0.25, -0.2) is 4.98 Å². The number of nitrogens with zero attached hydrogens (tertiary/aromatic N) is 2. The van der Waals surface area contributed by atoms with Gasteiger partial charge in [0.1, 0.15) is 22.4 Å². The number of carbonyl (C=O) groups is 3. The third-order valence-electron chi connectivity index (χ3n) is 6.55. The molecule has 34 heavy (non-hydrogen) atoms. The number of hydrogen-bond donors (Lipinski definition) is 2. The normalized spacial score (nSPS) is 19.7. The minimum absolute atomic E-state index is 0.00485. The summed E-state index contributed by atoms with van der Waals surface area (Å²) in [4.78, 5) is 47.9. The van der Waals surface area contributed by atoms with E-state index < -0.39 is 17.2 Å². The monoisotopic (exact) mass is 456 g/mol. The molecule has 1 atom stereocenters. The van der Waals surface area contributed by atoms with Crippen LogP contribution in [0.15, 0.2) is 59.3 Å². The molecule has 170 valence electrons. The summed E-state index contributed by atoms with van der Waals surface area (Å²) in [6.45, 7) is 0.336. The van der Waals surface area contributed by atoms with Crippen molar-refractivity contribution in [3.05, 3.63) is 71.7 Å². The highest BCUT2D eigenvalue weighted by Gasteiger charge is 2.53. The quantitative estimate of drug-likeness (QED) is 0.446. The Hall–Kier alpha value is -4.40. The molecule has 5 heterocycles. The number of imide groups is 1. The van der Waals surface area contributed by atoms with E-state index in [-0.39, 0.29) is 18.9 Å². The number of ether oxygens (including phenoxy) is 1. The molecule has 0 radical (unpaired) electrons. The number of methoxy groups -OCH3 is 1. The predicted octanol–water partition coefficient (Wildman–Crippen LogP) is 2.77. The molecule has 0 bridgehead atoms. The third kappa shape index (κ3) is 3.01. The first-order chi connectivity index (χ1) is 16.5. The molecule has 2 N–H and O–H groups in total. The van der Waals surface area contributed by atoms with Gasteiger partial charge in [-0.2, -0.15) is 0 Å². The maximum absolute atomic E-state index is 13.2. The van der Waals surface area contributed by atoms with Gasteiger partial charge in [-0.15, -0.1) is 0 Å². The van der Waals surface area contributed by atoms with E-state index in [0.717, 1.165) is 16.8 Å². The molecule has 2 aliphatic heterocycles. The number of rotatable bonds is 5. The van der Waals surface area contributed by atoms with Crippen LogP contribution in [-0.4, -0.2) is 46.2 Å². The summed E-state index contributed by atoms with van der Waals surface area (Å²) in [5.41, 5.74) is 2.77. The van der Waals surface area contributed by atoms with Crippen LogP contribution in [0, 0.1) is 0 Å². The maximum Gasteiger partial charge on any atom is 0.254 e. The first-order valence-corrected chi connectivity index (χ1v) is 10.8. The fourth-order valence-corrected chi connectivity index (χ4v) is 4.77. The fraction of sp³-hybridized carbons (Fsp3) is 0.200. The SMILES string of the molecule is COc1ccc2c(c1)C(=O)N(C[C@@]1(c3cc4nc(-c5cc[nH]c5)ccc4o3)CC(=O)NC1=O)C2. The van der Waals surface area contributed by atoms with E-state index in [1.807, 2.05) is 30.6 Å². The lowest BCUT2D eigenvalue weighted by molar-refractivity contribution is -0.126. The van der Waals surface area contributed by atoms with Crippen LogP contribution in [0.3, 0.4) is 0 Å². The summed E-state index contributed by atoms with van der Waals surface area (Å²) in [5.74, 6) is -0.213. The second-order valence-electron chi connectivity index (χ2n) is 8.61. The fourth-order valence-electron chi connectivity index (χ4n) is 4.77. The Labute approximate surface area is 193 Å². The molecule has 9 nitrogen and oxygen atoms in total. The molecule has 1 saturated heterocycles. The Morgan fingerprint density at radius 1 is 1.15 bits per heavy atom. The van der Waals surface area contributed by atoms with Gasteiger partial charge >= 0.3 is 0 Å². The summed E-state index contributed by atoms with van der Waals surface area (Å²) >= 11 is 0. The molecular weight excluding hydrogens is 436 g/mol. The van der Waals surface area contributed by atoms with E-state index in [2.05, 4.69) is 15.3 Å². The van der Waals surface area contributed by atoms with Crippen LogP contribution >= 0.6 is 0 Å². The average Bonchev–Trinajstić information content (AvgIpc) is 3.61. The van der Waals surface area contributed by atoms with E-state index >= 15 is 0 Å². The van der Waals surface area contributed by atoms with E-state index in [0.29, 0.717) is 34.7 Å². The van der Waals surface area contributed by atoms with E-state index in [1.165, 1.54) is 0 Å². The molecule has 0 spiro atoms. The lowest BCUT2D eigenvalue weighted by atomic mass is 9.82. The van der Waals surface area contributed by atoms with Gasteiger partial charge in [0.25, 0.3) is 5.91 Å². The van der Waals surface area contributed by atoms with Crippen molar-refractivity contribution in [3.8, 4) is 17.0 Å². The molecule has 3 amide bonds. The Morgan fingerprint density at radius 3 is 2.76 bits per heavy atom. The number of benzene rings is 1. The summed E-state index contributed by atoms with van der Waals surface area (Å²) < 4.78 is 11.3. The first kappa shape index (κ1) is 20.2. The predicted molar refractivity (Wildman–Crippen MR) is 121 cm³/mol. The number of aromatic amines is 1. The first-order valence-electron chi connectivity index (χ1n) is 10.8. The van der Waals surface area contributed by atoms with Crippen LogP contribution in [-0.2, 0) is 21.5 Å². The lowest BCUT2D eigenvalue weighted by Gasteiger charge is -2.28. The van der Waals surface area contributed by atoms with Crippen molar-refractivity contribution in [1.82, 2.24) is 20.2 Å². The van der Waals surface area contributed by atoms with Crippen molar-refractivity contribution in [1.29, 1.82) is 0 Å². The average molecular weight is 456 g/mol. The Morgan fingerprint density at radius 2 is 2.03 bits per heavy atom. The van der Waals surface area contributed by atoms with Crippen LogP contribution < -0.4 is 10.1 Å². The van der Waals surface area contributed by atoms with Crippen molar-refractivity contribution < 1.29 is 23.5 Å². The second kappa shape index (κ2) is 7.31. The van der Waals surface area contributed by atoms with Crippen molar-refractivity contribution in [2.24, 2.45) is 0 Å². The van der Waals surface area contributed by atoms with E-state index in [1.54, 1.807) is 36.3 Å². The zero-order chi connectivity index (χ0) is 23.4. The maximum atomic E-state index is 13.2. The standard InChI is InChI=1S/C25H20N4O5/c1-33-16-3-2-15-12-29(23(31)17(15)8-16)13-25(10-22(30)28-24(25)32)21-9-19-20(34-21)5-4-18(27-19)14-6-7-26-11-14/h2-9,11,26H,10,12-13H2,1H3,(H,28,30,32)/t25-/m1/s1. The third-order valence-corrected chi connectivity index (χ3v) is 6.55. The Kier molecular flexibility index (Phi) is 4.35. The van der Waals surface area contributed by atoms with Crippen LogP contribution in [0.25, 0.3) is 22.4 Å². The van der Waals surface area contributed by atoms with Crippen LogP contribution in [0.5, 0.6) is 5.75 Å². The van der Waals surface area contributed by atoms with Crippen molar-refractivity contribution in [2.45, 2.75) is 18.4 Å². The lowest BCUT2D eigenvalue weighted by Crippen LogP contribution is -2.46. The van der Waals surface area contributed by atoms with Gasteiger partial charge in [0.15, 0.2) is 5.58 Å². The van der Waals surface area contributed by atoms with Gasteiger partial charge in [-0.05, 0) is 35.9 Å². The number of H-pyrrole nitrogens is 1. The minimum atomic E-state index is -1.34. The Bertz CT molecular complexity index is 1470.